The Morgan fingerprint density at radius 2 is 1.82 bits per heavy atom. The molecule has 68 valence electrons. The predicted octanol–water partition coefficient (Wildman–Crippen LogP) is 1.44. The van der Waals surface area contributed by atoms with Crippen LogP contribution < -0.4 is 10.6 Å². The van der Waals surface area contributed by atoms with Crippen LogP contribution in [0.3, 0.4) is 0 Å². The summed E-state index contributed by atoms with van der Waals surface area (Å²) in [6.07, 6.45) is 1.32. The van der Waals surface area contributed by atoms with Crippen LogP contribution in [0.15, 0.2) is 0 Å². The summed E-state index contributed by atoms with van der Waals surface area (Å²) in [5.41, 5.74) is 0. The van der Waals surface area contributed by atoms with Crippen molar-refractivity contribution < 1.29 is 0 Å². The fourth-order valence-electron chi connectivity index (χ4n) is 1.33. The molecule has 1 atom stereocenters. The van der Waals surface area contributed by atoms with E-state index in [2.05, 4.69) is 31.4 Å². The molecule has 0 fully saturated rings. The maximum absolute atomic E-state index is 3.33. The Morgan fingerprint density at radius 3 is 2.27 bits per heavy atom. The molecule has 2 heteroatoms. The minimum absolute atomic E-state index is 0.795. The SMILES string of the molecule is CNCNCC(C)CC(C)C. The van der Waals surface area contributed by atoms with Gasteiger partial charge in [-0.15, -0.1) is 0 Å². The van der Waals surface area contributed by atoms with Crippen LogP contribution in [0.5, 0.6) is 0 Å². The van der Waals surface area contributed by atoms with Gasteiger partial charge in [0.15, 0.2) is 0 Å². The van der Waals surface area contributed by atoms with Crippen LogP contribution in [0.2, 0.25) is 0 Å². The topological polar surface area (TPSA) is 24.1 Å². The highest BCUT2D eigenvalue weighted by atomic mass is 15.0. The fraction of sp³-hybridized carbons (Fsp3) is 1.00. The molecule has 0 rings (SSSR count). The van der Waals surface area contributed by atoms with Crippen LogP contribution in [0.4, 0.5) is 0 Å². The molecule has 0 amide bonds. The quantitative estimate of drug-likeness (QED) is 0.451. The molecule has 0 radical (unpaired) electrons. The van der Waals surface area contributed by atoms with Crippen molar-refractivity contribution in [3.63, 3.8) is 0 Å². The lowest BCUT2D eigenvalue weighted by molar-refractivity contribution is 0.410. The molecule has 0 aromatic carbocycles. The van der Waals surface area contributed by atoms with E-state index in [1.807, 2.05) is 7.05 Å². The fourth-order valence-corrected chi connectivity index (χ4v) is 1.33. The van der Waals surface area contributed by atoms with E-state index in [9.17, 15) is 0 Å². The Hall–Kier alpha value is -0.0800. The monoisotopic (exact) mass is 158 g/mol. The number of hydrogen-bond acceptors (Lipinski definition) is 2. The second-order valence-corrected chi connectivity index (χ2v) is 3.72. The molecule has 2 nitrogen and oxygen atoms in total. The lowest BCUT2D eigenvalue weighted by atomic mass is 9.99. The second kappa shape index (κ2) is 6.62. The van der Waals surface area contributed by atoms with Gasteiger partial charge in [0.2, 0.25) is 0 Å². The van der Waals surface area contributed by atoms with Gasteiger partial charge in [-0.05, 0) is 31.8 Å². The second-order valence-electron chi connectivity index (χ2n) is 3.72. The zero-order valence-electron chi connectivity index (χ0n) is 8.28. The van der Waals surface area contributed by atoms with Gasteiger partial charge < -0.3 is 10.6 Å². The van der Waals surface area contributed by atoms with Crippen molar-refractivity contribution in [3.8, 4) is 0 Å². The van der Waals surface area contributed by atoms with E-state index < -0.39 is 0 Å². The molecule has 0 aliphatic carbocycles. The number of nitrogens with one attached hydrogen (secondary N) is 2. The molecule has 0 saturated carbocycles. The van der Waals surface area contributed by atoms with Crippen LogP contribution in [0, 0.1) is 11.8 Å². The van der Waals surface area contributed by atoms with Crippen molar-refractivity contribution in [2.24, 2.45) is 11.8 Å². The van der Waals surface area contributed by atoms with Gasteiger partial charge in [-0.1, -0.05) is 20.8 Å². The smallest absolute Gasteiger partial charge is 0.0451 e. The largest absolute Gasteiger partial charge is 0.308 e. The molecule has 0 aliphatic heterocycles. The minimum atomic E-state index is 0.795. The van der Waals surface area contributed by atoms with Crippen molar-refractivity contribution in [1.29, 1.82) is 0 Å². The van der Waals surface area contributed by atoms with E-state index in [1.165, 1.54) is 6.42 Å². The first-order chi connectivity index (χ1) is 5.16. The molecule has 11 heavy (non-hydrogen) atoms. The Balaban J connectivity index is 3.15. The Labute approximate surface area is 70.8 Å². The van der Waals surface area contributed by atoms with E-state index in [0.717, 1.165) is 25.0 Å². The molecule has 0 heterocycles. The van der Waals surface area contributed by atoms with E-state index in [0.29, 0.717) is 0 Å². The molecular weight excluding hydrogens is 136 g/mol. The van der Waals surface area contributed by atoms with Crippen LogP contribution in [0.25, 0.3) is 0 Å². The predicted molar refractivity (Wildman–Crippen MR) is 50.5 cm³/mol. The number of hydrogen-bond donors (Lipinski definition) is 2. The lowest BCUT2D eigenvalue weighted by Gasteiger charge is -2.14. The molecule has 0 bridgehead atoms. The molecule has 0 aromatic rings. The highest BCUT2D eigenvalue weighted by molar-refractivity contribution is 4.58. The summed E-state index contributed by atoms with van der Waals surface area (Å²) in [6, 6.07) is 0. The zero-order valence-corrected chi connectivity index (χ0v) is 8.28. The first kappa shape index (κ1) is 10.9. The Bertz CT molecular complexity index is 81.6. The molecule has 0 aromatic heterocycles. The van der Waals surface area contributed by atoms with Gasteiger partial charge >= 0.3 is 0 Å². The third-order valence-electron chi connectivity index (χ3n) is 1.67. The first-order valence-corrected chi connectivity index (χ1v) is 4.52. The summed E-state index contributed by atoms with van der Waals surface area (Å²) in [5, 5.41) is 6.39. The zero-order chi connectivity index (χ0) is 8.69. The highest BCUT2D eigenvalue weighted by Crippen LogP contribution is 2.08. The van der Waals surface area contributed by atoms with Crippen molar-refractivity contribution in [2.75, 3.05) is 20.3 Å². The van der Waals surface area contributed by atoms with E-state index in [4.69, 9.17) is 0 Å². The van der Waals surface area contributed by atoms with Crippen molar-refractivity contribution in [1.82, 2.24) is 10.6 Å². The average molecular weight is 158 g/mol. The summed E-state index contributed by atoms with van der Waals surface area (Å²) in [6.45, 7) is 8.88. The molecule has 1 unspecified atom stereocenters. The third-order valence-corrected chi connectivity index (χ3v) is 1.67. The molecule has 0 aliphatic rings. The van der Waals surface area contributed by atoms with Gasteiger partial charge in [-0.2, -0.15) is 0 Å². The molecule has 0 saturated heterocycles. The Kier molecular flexibility index (Phi) is 6.57. The minimum Gasteiger partial charge on any atom is -0.308 e. The number of rotatable bonds is 6. The van der Waals surface area contributed by atoms with E-state index in [-0.39, 0.29) is 0 Å². The summed E-state index contributed by atoms with van der Waals surface area (Å²) >= 11 is 0. The van der Waals surface area contributed by atoms with Gasteiger partial charge in [-0.25, -0.2) is 0 Å². The van der Waals surface area contributed by atoms with Crippen molar-refractivity contribution in [2.45, 2.75) is 27.2 Å². The third kappa shape index (κ3) is 7.82. The van der Waals surface area contributed by atoms with Crippen LogP contribution in [-0.4, -0.2) is 20.3 Å². The summed E-state index contributed by atoms with van der Waals surface area (Å²) < 4.78 is 0. The van der Waals surface area contributed by atoms with Crippen molar-refractivity contribution >= 4 is 0 Å². The van der Waals surface area contributed by atoms with Gasteiger partial charge in [0, 0.05) is 6.67 Å². The van der Waals surface area contributed by atoms with Gasteiger partial charge in [-0.3, -0.25) is 0 Å². The van der Waals surface area contributed by atoms with Crippen LogP contribution >= 0.6 is 0 Å². The summed E-state index contributed by atoms with van der Waals surface area (Å²) in [4.78, 5) is 0. The van der Waals surface area contributed by atoms with Gasteiger partial charge in [0.1, 0.15) is 0 Å². The maximum Gasteiger partial charge on any atom is 0.0451 e. The average Bonchev–Trinajstić information content (AvgIpc) is 1.86. The standard InChI is InChI=1S/C9H22N2/c1-8(2)5-9(3)6-11-7-10-4/h8-11H,5-7H2,1-4H3. The van der Waals surface area contributed by atoms with E-state index in [1.54, 1.807) is 0 Å². The lowest BCUT2D eigenvalue weighted by Crippen LogP contribution is -2.30. The first-order valence-electron chi connectivity index (χ1n) is 4.52. The molecular formula is C9H22N2. The summed E-state index contributed by atoms with van der Waals surface area (Å²) in [7, 11) is 1.96. The molecule has 0 spiro atoms. The molecule has 2 N–H and O–H groups in total. The van der Waals surface area contributed by atoms with Gasteiger partial charge in [0.05, 0.1) is 0 Å². The highest BCUT2D eigenvalue weighted by Gasteiger charge is 2.03. The summed E-state index contributed by atoms with van der Waals surface area (Å²) in [5.74, 6) is 1.62. The van der Waals surface area contributed by atoms with Crippen molar-refractivity contribution in [3.05, 3.63) is 0 Å². The van der Waals surface area contributed by atoms with Gasteiger partial charge in [0.25, 0.3) is 0 Å². The van der Waals surface area contributed by atoms with Crippen LogP contribution in [0.1, 0.15) is 27.2 Å². The Morgan fingerprint density at radius 1 is 1.18 bits per heavy atom. The van der Waals surface area contributed by atoms with E-state index >= 15 is 0 Å². The van der Waals surface area contributed by atoms with Crippen LogP contribution in [-0.2, 0) is 0 Å². The maximum atomic E-state index is 3.33. The normalized spacial score (nSPS) is 13.9.